The van der Waals surface area contributed by atoms with E-state index in [1.165, 1.54) is 16.3 Å². The van der Waals surface area contributed by atoms with Crippen molar-refractivity contribution in [3.05, 3.63) is 69.4 Å². The highest BCUT2D eigenvalue weighted by Crippen LogP contribution is 2.43. The molecule has 2 unspecified atom stereocenters. The second-order valence-electron chi connectivity index (χ2n) is 24.9. The minimum absolute atomic E-state index is 0.0257. The number of aromatic nitrogens is 7. The molecule has 7 N–H and O–H groups in total. The lowest BCUT2D eigenvalue weighted by Crippen LogP contribution is -2.56. The fourth-order valence-electron chi connectivity index (χ4n) is 10.8. The first-order valence-electron chi connectivity index (χ1n) is 31.0. The predicted molar refractivity (Wildman–Crippen MR) is 337 cm³/mol. The number of nitrogens with one attached hydrogen (secondary N) is 6. The van der Waals surface area contributed by atoms with Gasteiger partial charge in [-0.25, -0.2) is 29.2 Å². The summed E-state index contributed by atoms with van der Waals surface area (Å²) in [7, 11) is 0. The van der Waals surface area contributed by atoms with E-state index in [1.807, 2.05) is 31.0 Å². The van der Waals surface area contributed by atoms with Gasteiger partial charge in [-0.05, 0) is 116 Å². The summed E-state index contributed by atoms with van der Waals surface area (Å²) in [6.07, 6.45) is 9.96. The third-order valence-electron chi connectivity index (χ3n) is 16.9. The number of carbonyl (C=O) groups is 7. The molecular formula is C63H85N13O15S. The van der Waals surface area contributed by atoms with E-state index in [1.54, 1.807) is 72.1 Å². The Balaban J connectivity index is 0.843. The minimum Gasteiger partial charge on any atom is -0.458 e. The number of esters is 1. The molecule has 5 atom stereocenters. The highest BCUT2D eigenvalue weighted by molar-refractivity contribution is 7.98. The van der Waals surface area contributed by atoms with Crippen LogP contribution in [0.3, 0.4) is 0 Å². The lowest BCUT2D eigenvalue weighted by Gasteiger charge is -2.33. The Kier molecular flexibility index (Phi) is 22.7. The van der Waals surface area contributed by atoms with Gasteiger partial charge in [-0.2, -0.15) is 0 Å². The molecule has 4 aromatic heterocycles. The van der Waals surface area contributed by atoms with Crippen LogP contribution in [-0.2, 0) is 78.6 Å². The van der Waals surface area contributed by atoms with Crippen LogP contribution < -0.4 is 46.9 Å². The van der Waals surface area contributed by atoms with Crippen LogP contribution in [0.15, 0.2) is 46.7 Å². The maximum Gasteiger partial charge on any atom is 0.407 e. The standard InChI is InChI=1S/C63H85N13O15S/c1-12-61(9,76-31-45(73-74-76)37-26-68-58(92-11)69-27-37)19-22-90-62(10,13-2)18-21-64-50(78)33-86-34-51(79)72-52(36(4)5)55(81)71-43(17-15-16-20-65-59(84)91-60(6,7)8)54(80)67-29-49(77)66-28-39-38-23-47-48(89-35-88-47)25-44(38)70-53-40(39)30-75-46(53)24-42-41(56(75)82)32-87-57(83)63(42,85)14-3/h23-27,31,36,43,52,85H,12-22,28-30,32-35H2,1-11H3,(H,64,78)(H,65,84)(H,66,77)(H,67,80)(H,71,81)(H,72,79)/t43-,52-,61?,62?,63-/m0/s1. The van der Waals surface area contributed by atoms with E-state index in [0.29, 0.717) is 94.5 Å². The van der Waals surface area contributed by atoms with E-state index in [2.05, 4.69) is 66.0 Å². The number of thioether (sulfide) groups is 1. The molecule has 29 heteroatoms. The van der Waals surface area contributed by atoms with Crippen molar-refractivity contribution in [2.45, 2.75) is 180 Å². The maximum absolute atomic E-state index is 14.1. The number of alkyl carbamates (subject to hydrolysis) is 1. The Morgan fingerprint density at radius 2 is 1.55 bits per heavy atom. The molecule has 0 spiro atoms. The summed E-state index contributed by atoms with van der Waals surface area (Å²) in [6.45, 7) is 17.4. The molecule has 6 amide bonds. The van der Waals surface area contributed by atoms with Gasteiger partial charge < -0.3 is 70.0 Å². The van der Waals surface area contributed by atoms with E-state index in [0.717, 1.165) is 12.0 Å². The van der Waals surface area contributed by atoms with Gasteiger partial charge in [0.15, 0.2) is 22.3 Å². The molecule has 0 saturated carbocycles. The molecule has 0 bridgehead atoms. The molecule has 92 heavy (non-hydrogen) atoms. The van der Waals surface area contributed by atoms with Crippen LogP contribution >= 0.6 is 11.8 Å². The number of unbranched alkanes of at least 4 members (excludes halogenated alkanes) is 1. The molecule has 0 aliphatic carbocycles. The number of rotatable bonds is 31. The minimum atomic E-state index is -2.05. The van der Waals surface area contributed by atoms with Gasteiger partial charge in [-0.3, -0.25) is 28.8 Å². The summed E-state index contributed by atoms with van der Waals surface area (Å²) in [5, 5.41) is 37.9. The van der Waals surface area contributed by atoms with E-state index >= 15 is 0 Å². The number of nitrogens with zero attached hydrogens (tertiary/aromatic N) is 7. The Bertz CT molecular complexity index is 3610. The Labute approximate surface area is 537 Å². The first-order valence-corrected chi connectivity index (χ1v) is 32.3. The number of hydrogen-bond donors (Lipinski definition) is 7. The zero-order valence-corrected chi connectivity index (χ0v) is 54.9. The smallest absolute Gasteiger partial charge is 0.407 e. The normalized spacial score (nSPS) is 16.6. The number of carbonyl (C=O) groups excluding carboxylic acids is 7. The highest BCUT2D eigenvalue weighted by Gasteiger charge is 2.46. The van der Waals surface area contributed by atoms with E-state index in [4.69, 9.17) is 33.4 Å². The van der Waals surface area contributed by atoms with Crippen molar-refractivity contribution in [3.63, 3.8) is 0 Å². The molecule has 5 aromatic rings. The summed E-state index contributed by atoms with van der Waals surface area (Å²) in [6, 6.07) is 2.64. The highest BCUT2D eigenvalue weighted by atomic mass is 32.2. The number of benzene rings is 1. The molecule has 1 aromatic carbocycles. The zero-order valence-electron chi connectivity index (χ0n) is 54.1. The van der Waals surface area contributed by atoms with Crippen molar-refractivity contribution < 1.29 is 67.1 Å². The number of amides is 6. The van der Waals surface area contributed by atoms with Crippen molar-refractivity contribution in [2.24, 2.45) is 5.92 Å². The van der Waals surface area contributed by atoms with Gasteiger partial charge in [0, 0.05) is 66.8 Å². The summed E-state index contributed by atoms with van der Waals surface area (Å²) in [5.41, 5.74) is -0.124. The number of cyclic esters (lactones) is 1. The van der Waals surface area contributed by atoms with Gasteiger partial charge in [-0.1, -0.05) is 51.6 Å². The first-order chi connectivity index (χ1) is 43.7. The van der Waals surface area contributed by atoms with Crippen LogP contribution in [0, 0.1) is 5.92 Å². The Morgan fingerprint density at radius 1 is 0.826 bits per heavy atom. The molecule has 0 fully saturated rings. The molecule has 3 aliphatic heterocycles. The van der Waals surface area contributed by atoms with Crippen LogP contribution in [0.1, 0.15) is 143 Å². The van der Waals surface area contributed by atoms with Gasteiger partial charge in [-0.15, -0.1) is 5.10 Å². The van der Waals surface area contributed by atoms with Crippen LogP contribution in [0.25, 0.3) is 33.5 Å². The third-order valence-corrected chi connectivity index (χ3v) is 17.4. The second kappa shape index (κ2) is 30.0. The average molecular weight is 1300 g/mol. The molecular weight excluding hydrogens is 1210 g/mol. The van der Waals surface area contributed by atoms with Gasteiger partial charge in [0.2, 0.25) is 36.3 Å². The van der Waals surface area contributed by atoms with Crippen molar-refractivity contribution >= 4 is 64.3 Å². The van der Waals surface area contributed by atoms with Crippen molar-refractivity contribution in [1.82, 2.24) is 66.4 Å². The summed E-state index contributed by atoms with van der Waals surface area (Å²) in [5.74, 6) is -3.64. The van der Waals surface area contributed by atoms with Crippen LogP contribution in [-0.4, -0.2) is 157 Å². The molecule has 498 valence electrons. The lowest BCUT2D eigenvalue weighted by atomic mass is 9.86. The van der Waals surface area contributed by atoms with Crippen molar-refractivity contribution in [3.8, 4) is 34.1 Å². The fraction of sp³-hybridized carbons (Fsp3) is 0.571. The predicted octanol–water partition coefficient (Wildman–Crippen LogP) is 4.56. The SMILES string of the molecule is CCC(C)(CCNC(=O)COCC(=O)N[C@H](C(=O)N[C@@H](CCCCNC(=O)OC(C)(C)C)C(=O)NCC(=O)NCc1c2c(nc3cc4c(cc13)OCO4)-c1cc3c(c(=O)n1C2)COC(=O)[C@]3(O)CC)C(C)C)OCCC(C)(CC)n1cc(-c2cnc(SC)nc2)nn1. The molecule has 28 nitrogen and oxygen atoms in total. The zero-order chi connectivity index (χ0) is 66.7. The number of fused-ring (bicyclic) bond motifs is 6. The number of hydrogen-bond acceptors (Lipinski definition) is 21. The number of aliphatic hydroxyl groups is 1. The van der Waals surface area contributed by atoms with Crippen LogP contribution in [0.4, 0.5) is 4.79 Å². The molecule has 8 rings (SSSR count). The van der Waals surface area contributed by atoms with E-state index < -0.39 is 102 Å². The van der Waals surface area contributed by atoms with Crippen molar-refractivity contribution in [1.29, 1.82) is 0 Å². The quantitative estimate of drug-likeness (QED) is 0.0136. The van der Waals surface area contributed by atoms with Crippen molar-refractivity contribution in [2.75, 3.05) is 52.5 Å². The summed E-state index contributed by atoms with van der Waals surface area (Å²) >= 11 is 1.46. The average Bonchev–Trinajstić information content (AvgIpc) is 1.51. The first kappa shape index (κ1) is 69.6. The van der Waals surface area contributed by atoms with E-state index in [-0.39, 0.29) is 69.1 Å². The Hall–Kier alpha value is -8.28. The molecule has 0 radical (unpaired) electrons. The lowest BCUT2D eigenvalue weighted by molar-refractivity contribution is -0.172. The van der Waals surface area contributed by atoms with E-state index in [9.17, 15) is 43.5 Å². The summed E-state index contributed by atoms with van der Waals surface area (Å²) in [4.78, 5) is 121. The topological polar surface area (TPSA) is 359 Å². The fourth-order valence-corrected chi connectivity index (χ4v) is 11.2. The Morgan fingerprint density at radius 3 is 2.24 bits per heavy atom. The van der Waals surface area contributed by atoms with Gasteiger partial charge in [0.05, 0.1) is 52.9 Å². The van der Waals surface area contributed by atoms with Crippen LogP contribution in [0.5, 0.6) is 11.5 Å². The molecule has 0 saturated heterocycles. The molecule has 7 heterocycles. The van der Waals surface area contributed by atoms with Crippen LogP contribution in [0.2, 0.25) is 0 Å². The second-order valence-corrected chi connectivity index (χ2v) is 25.6. The monoisotopic (exact) mass is 1300 g/mol. The maximum atomic E-state index is 14.1. The third kappa shape index (κ3) is 16.7. The largest absolute Gasteiger partial charge is 0.458 e. The van der Waals surface area contributed by atoms with Gasteiger partial charge >= 0.3 is 12.1 Å². The van der Waals surface area contributed by atoms with Gasteiger partial charge in [0.25, 0.3) is 5.56 Å². The van der Waals surface area contributed by atoms with Gasteiger partial charge in [0.1, 0.15) is 43.2 Å². The molecule has 3 aliphatic rings. The number of ether oxygens (including phenoxy) is 6. The summed E-state index contributed by atoms with van der Waals surface area (Å²) < 4.78 is 37.2. The number of pyridine rings is 2.